The van der Waals surface area contributed by atoms with Gasteiger partial charge >= 0.3 is 0 Å². The van der Waals surface area contributed by atoms with E-state index in [4.69, 9.17) is 40.4 Å². The number of hydrogen-bond donors (Lipinski definition) is 1. The Morgan fingerprint density at radius 3 is 2.39 bits per heavy atom. The highest BCUT2D eigenvalue weighted by Crippen LogP contribution is 2.45. The predicted molar refractivity (Wildman–Crippen MR) is 175 cm³/mol. The second-order valence-corrected chi connectivity index (χ2v) is 12.5. The summed E-state index contributed by atoms with van der Waals surface area (Å²) in [5, 5.41) is 5.76. The summed E-state index contributed by atoms with van der Waals surface area (Å²) in [5.41, 5.74) is 8.58. The zero-order chi connectivity index (χ0) is 28.8. The monoisotopic (exact) mass is 603 g/mol. The lowest BCUT2D eigenvalue weighted by atomic mass is 9.96. The first-order chi connectivity index (χ1) is 19.7. The van der Waals surface area contributed by atoms with Crippen molar-refractivity contribution < 1.29 is 0 Å². The van der Waals surface area contributed by atoms with Crippen molar-refractivity contribution >= 4 is 51.9 Å². The Labute approximate surface area is 258 Å². The molecule has 2 aliphatic heterocycles. The maximum Gasteiger partial charge on any atom is 0.174 e. The average molecular weight is 605 g/mol. The molecule has 8 heteroatoms. The van der Waals surface area contributed by atoms with Crippen molar-refractivity contribution in [3.05, 3.63) is 105 Å². The Bertz CT molecular complexity index is 1590. The van der Waals surface area contributed by atoms with Crippen molar-refractivity contribution in [2.75, 3.05) is 22.9 Å². The van der Waals surface area contributed by atoms with Crippen molar-refractivity contribution in [3.63, 3.8) is 0 Å². The fraction of sp³-hybridized carbons (Fsp3) is 0.333. The maximum absolute atomic E-state index is 6.98. The van der Waals surface area contributed by atoms with E-state index >= 15 is 0 Å². The summed E-state index contributed by atoms with van der Waals surface area (Å²) in [7, 11) is 0. The van der Waals surface area contributed by atoms with Gasteiger partial charge in [-0.1, -0.05) is 42.3 Å². The summed E-state index contributed by atoms with van der Waals surface area (Å²) in [4.78, 5) is 9.35. The van der Waals surface area contributed by atoms with Gasteiger partial charge in [-0.15, -0.1) is 0 Å². The van der Waals surface area contributed by atoms with Gasteiger partial charge in [0.2, 0.25) is 0 Å². The molecule has 0 spiro atoms. The molecule has 0 radical (unpaired) electrons. The molecule has 1 N–H and O–H groups in total. The molecule has 212 valence electrons. The van der Waals surface area contributed by atoms with E-state index in [1.165, 1.54) is 18.4 Å². The molecule has 0 amide bonds. The molecule has 2 atom stereocenters. The Kier molecular flexibility index (Phi) is 7.75. The summed E-state index contributed by atoms with van der Waals surface area (Å²) in [6, 6.07) is 20.5. The number of aryl methyl sites for hydroxylation is 1. The van der Waals surface area contributed by atoms with Crippen molar-refractivity contribution in [3.8, 4) is 5.69 Å². The number of rotatable bonds is 5. The number of benzene rings is 2. The van der Waals surface area contributed by atoms with Crippen LogP contribution in [0.25, 0.3) is 5.69 Å². The highest BCUT2D eigenvalue weighted by Gasteiger charge is 2.42. The van der Waals surface area contributed by atoms with E-state index in [2.05, 4.69) is 83.8 Å². The number of pyridine rings is 1. The SMILES string of the molecule is Cc1c(Cl)cccc1-n1c(C)cc([C@H]2[C@@H](c3ccccn3)NC(=S)N2c2ccc(N3CCC(C)CC3)c(Cl)c2)c1C. The highest BCUT2D eigenvalue weighted by atomic mass is 35.5. The molecule has 2 saturated heterocycles. The fourth-order valence-corrected chi connectivity index (χ4v) is 7.21. The highest BCUT2D eigenvalue weighted by molar-refractivity contribution is 7.80. The van der Waals surface area contributed by atoms with Crippen LogP contribution in [-0.4, -0.2) is 27.8 Å². The van der Waals surface area contributed by atoms with Gasteiger partial charge in [-0.05, 0) is 111 Å². The van der Waals surface area contributed by atoms with E-state index in [0.29, 0.717) is 5.11 Å². The van der Waals surface area contributed by atoms with Crippen LogP contribution in [0.15, 0.2) is 66.9 Å². The first kappa shape index (κ1) is 28.1. The van der Waals surface area contributed by atoms with Gasteiger partial charge in [-0.2, -0.15) is 0 Å². The van der Waals surface area contributed by atoms with Gasteiger partial charge in [0.15, 0.2) is 5.11 Å². The molecule has 6 rings (SSSR count). The van der Waals surface area contributed by atoms with Gasteiger partial charge in [0.05, 0.1) is 28.5 Å². The van der Waals surface area contributed by atoms with Crippen LogP contribution < -0.4 is 15.1 Å². The third-order valence-electron chi connectivity index (χ3n) is 8.70. The maximum atomic E-state index is 6.98. The molecule has 41 heavy (non-hydrogen) atoms. The quantitative estimate of drug-likeness (QED) is 0.231. The zero-order valence-electron chi connectivity index (χ0n) is 23.9. The molecule has 2 aromatic heterocycles. The van der Waals surface area contributed by atoms with Crippen LogP contribution in [0.3, 0.4) is 0 Å². The summed E-state index contributed by atoms with van der Waals surface area (Å²) in [6.07, 6.45) is 4.21. The smallest absolute Gasteiger partial charge is 0.174 e. The van der Waals surface area contributed by atoms with E-state index in [9.17, 15) is 0 Å². The topological polar surface area (TPSA) is 36.3 Å². The Balaban J connectivity index is 1.45. The van der Waals surface area contributed by atoms with Gasteiger partial charge in [0, 0.05) is 47.1 Å². The minimum Gasteiger partial charge on any atom is -0.370 e. The van der Waals surface area contributed by atoms with Gasteiger partial charge in [-0.3, -0.25) is 4.98 Å². The average Bonchev–Trinajstić information content (AvgIpc) is 3.46. The first-order valence-corrected chi connectivity index (χ1v) is 15.4. The van der Waals surface area contributed by atoms with Crippen molar-refractivity contribution in [1.82, 2.24) is 14.9 Å². The molecule has 2 aromatic carbocycles. The molecule has 2 fully saturated rings. The number of halogens is 2. The largest absolute Gasteiger partial charge is 0.370 e. The van der Waals surface area contributed by atoms with Gasteiger partial charge < -0.3 is 19.7 Å². The molecule has 0 bridgehead atoms. The van der Waals surface area contributed by atoms with Crippen LogP contribution in [0.5, 0.6) is 0 Å². The summed E-state index contributed by atoms with van der Waals surface area (Å²) < 4.78 is 2.29. The van der Waals surface area contributed by atoms with Gasteiger partial charge in [0.25, 0.3) is 0 Å². The Morgan fingerprint density at radius 2 is 1.68 bits per heavy atom. The van der Waals surface area contributed by atoms with E-state index < -0.39 is 0 Å². The molecule has 2 aliphatic rings. The standard InChI is InChI=1S/C33H35Cl2N5S/c1-20-13-16-38(17-14-20)30-12-11-24(19-27(30)35)40-32(31(37-33(40)41)28-9-5-6-15-36-28)25-18-21(2)39(23(25)4)29-10-7-8-26(34)22(29)3/h5-12,15,18-20,31-32H,13-14,16-17H2,1-4H3,(H,37,41)/t31-,32+/m1/s1. The van der Waals surface area contributed by atoms with E-state index in [0.717, 1.165) is 68.8 Å². The molecule has 4 heterocycles. The number of hydrogen-bond acceptors (Lipinski definition) is 3. The number of anilines is 2. The summed E-state index contributed by atoms with van der Waals surface area (Å²) in [5.74, 6) is 0.760. The number of nitrogens with zero attached hydrogens (tertiary/aromatic N) is 4. The van der Waals surface area contributed by atoms with Crippen LogP contribution in [-0.2, 0) is 0 Å². The number of piperidine rings is 1. The Morgan fingerprint density at radius 1 is 0.902 bits per heavy atom. The van der Waals surface area contributed by atoms with Crippen LogP contribution in [0.4, 0.5) is 11.4 Å². The molecule has 4 aromatic rings. The molecule has 0 unspecified atom stereocenters. The van der Waals surface area contributed by atoms with Crippen molar-refractivity contribution in [2.45, 2.75) is 52.6 Å². The van der Waals surface area contributed by atoms with Crippen molar-refractivity contribution in [2.24, 2.45) is 5.92 Å². The number of thiocarbonyl (C=S) groups is 1. The van der Waals surface area contributed by atoms with Crippen LogP contribution in [0, 0.1) is 26.7 Å². The third-order valence-corrected chi connectivity index (χ3v) is 9.73. The summed E-state index contributed by atoms with van der Waals surface area (Å²) >= 11 is 19.5. The lowest BCUT2D eigenvalue weighted by Crippen LogP contribution is -2.33. The van der Waals surface area contributed by atoms with Gasteiger partial charge in [-0.25, -0.2) is 0 Å². The van der Waals surface area contributed by atoms with E-state index in [1.807, 2.05) is 30.5 Å². The molecule has 0 saturated carbocycles. The first-order valence-electron chi connectivity index (χ1n) is 14.2. The molecule has 0 aliphatic carbocycles. The minimum absolute atomic E-state index is 0.130. The third kappa shape index (κ3) is 5.11. The summed E-state index contributed by atoms with van der Waals surface area (Å²) in [6.45, 7) is 10.8. The fourth-order valence-electron chi connectivity index (χ4n) is 6.40. The Hall–Kier alpha value is -3.06. The van der Waals surface area contributed by atoms with Crippen LogP contribution in [0.2, 0.25) is 10.0 Å². The zero-order valence-corrected chi connectivity index (χ0v) is 26.2. The number of aromatic nitrogens is 2. The van der Waals surface area contributed by atoms with E-state index in [-0.39, 0.29) is 12.1 Å². The van der Waals surface area contributed by atoms with Crippen molar-refractivity contribution in [1.29, 1.82) is 0 Å². The van der Waals surface area contributed by atoms with Crippen LogP contribution in [0.1, 0.15) is 60.1 Å². The second-order valence-electron chi connectivity index (χ2n) is 11.3. The van der Waals surface area contributed by atoms with Gasteiger partial charge in [0.1, 0.15) is 0 Å². The second kappa shape index (κ2) is 11.3. The molecular weight excluding hydrogens is 569 g/mol. The molecular formula is C33H35Cl2N5S. The lowest BCUT2D eigenvalue weighted by molar-refractivity contribution is 0.438. The minimum atomic E-state index is -0.139. The number of nitrogens with one attached hydrogen (secondary N) is 1. The predicted octanol–water partition coefficient (Wildman–Crippen LogP) is 8.52. The normalized spacial score (nSPS) is 19.6. The van der Waals surface area contributed by atoms with Crippen LogP contribution >= 0.6 is 35.4 Å². The lowest BCUT2D eigenvalue weighted by Gasteiger charge is -2.33. The van der Waals surface area contributed by atoms with E-state index in [1.54, 1.807) is 0 Å². The molecule has 5 nitrogen and oxygen atoms in total.